The molecule has 0 spiro atoms. The van der Waals surface area contributed by atoms with Gasteiger partial charge in [0.25, 0.3) is 5.91 Å². The predicted molar refractivity (Wildman–Crippen MR) is 114 cm³/mol. The van der Waals surface area contributed by atoms with Crippen LogP contribution >= 0.6 is 0 Å². The molecule has 1 aromatic carbocycles. The summed E-state index contributed by atoms with van der Waals surface area (Å²) in [7, 11) is -3.57. The lowest BCUT2D eigenvalue weighted by Crippen LogP contribution is -2.52. The fourth-order valence-corrected chi connectivity index (χ4v) is 6.87. The Morgan fingerprint density at radius 1 is 1.13 bits per heavy atom. The van der Waals surface area contributed by atoms with Gasteiger partial charge in [0.15, 0.2) is 5.69 Å². The molecule has 3 atom stereocenters. The molecule has 0 unspecified atom stereocenters. The number of aromatic nitrogens is 1. The van der Waals surface area contributed by atoms with Crippen LogP contribution in [0.25, 0.3) is 0 Å². The lowest BCUT2D eigenvalue weighted by molar-refractivity contribution is 0.0900. The van der Waals surface area contributed by atoms with E-state index in [0.717, 1.165) is 43.4 Å². The Labute approximate surface area is 182 Å². The highest BCUT2D eigenvalue weighted by Crippen LogP contribution is 2.41. The number of sulfonamides is 1. The highest BCUT2D eigenvalue weighted by atomic mass is 32.2. The van der Waals surface area contributed by atoms with E-state index in [1.807, 2.05) is 12.1 Å². The number of hydrogen-bond acceptors (Lipinski definition) is 6. The average Bonchev–Trinajstić information content (AvgIpc) is 3.40. The summed E-state index contributed by atoms with van der Waals surface area (Å²) in [5, 5.41) is 6.96. The van der Waals surface area contributed by atoms with E-state index in [1.54, 1.807) is 22.5 Å². The molecule has 2 aromatic rings. The molecule has 2 aliphatic heterocycles. The fourth-order valence-electron chi connectivity index (χ4n) is 4.98. The van der Waals surface area contributed by atoms with Crippen LogP contribution in [-0.4, -0.2) is 48.5 Å². The largest absolute Gasteiger partial charge is 0.360 e. The van der Waals surface area contributed by atoms with Crippen molar-refractivity contribution in [1.82, 2.24) is 14.8 Å². The molecule has 3 fully saturated rings. The minimum absolute atomic E-state index is 0.0653. The smallest absolute Gasteiger partial charge is 0.273 e. The van der Waals surface area contributed by atoms with Gasteiger partial charge in [0.05, 0.1) is 4.90 Å². The van der Waals surface area contributed by atoms with Gasteiger partial charge in [-0.1, -0.05) is 17.3 Å². The normalized spacial score (nSPS) is 26.2. The number of fused-ring (bicyclic) bond motifs is 2. The van der Waals surface area contributed by atoms with E-state index >= 15 is 0 Å². The van der Waals surface area contributed by atoms with Crippen LogP contribution in [0, 0.1) is 0 Å². The Morgan fingerprint density at radius 2 is 1.81 bits per heavy atom. The van der Waals surface area contributed by atoms with Gasteiger partial charge < -0.3 is 15.6 Å². The van der Waals surface area contributed by atoms with Crippen LogP contribution in [-0.2, 0) is 16.4 Å². The number of benzene rings is 1. The van der Waals surface area contributed by atoms with E-state index in [9.17, 15) is 13.2 Å². The number of nitrogens with zero attached hydrogens (tertiary/aromatic N) is 2. The van der Waals surface area contributed by atoms with Gasteiger partial charge >= 0.3 is 0 Å². The van der Waals surface area contributed by atoms with Gasteiger partial charge in [-0.05, 0) is 69.2 Å². The van der Waals surface area contributed by atoms with Crippen LogP contribution < -0.4 is 11.1 Å². The average molecular weight is 445 g/mol. The van der Waals surface area contributed by atoms with Crippen molar-refractivity contribution >= 4 is 15.9 Å². The second-order valence-corrected chi connectivity index (χ2v) is 10.8. The van der Waals surface area contributed by atoms with Gasteiger partial charge in [0, 0.05) is 30.1 Å². The van der Waals surface area contributed by atoms with Gasteiger partial charge in [-0.3, -0.25) is 4.79 Å². The molecule has 3 N–H and O–H groups in total. The summed E-state index contributed by atoms with van der Waals surface area (Å²) in [6.45, 7) is 0.533. The Morgan fingerprint density at radius 3 is 2.42 bits per heavy atom. The van der Waals surface area contributed by atoms with Crippen LogP contribution in [0.15, 0.2) is 39.8 Å². The summed E-state index contributed by atoms with van der Waals surface area (Å²) in [6, 6.07) is 8.49. The van der Waals surface area contributed by atoms with E-state index in [1.165, 1.54) is 0 Å². The summed E-state index contributed by atoms with van der Waals surface area (Å²) >= 11 is 0. The maximum atomic E-state index is 13.3. The first kappa shape index (κ1) is 20.7. The zero-order chi connectivity index (χ0) is 21.6. The van der Waals surface area contributed by atoms with Crippen molar-refractivity contribution in [3.8, 4) is 0 Å². The molecule has 8 nitrogen and oxygen atoms in total. The molecule has 31 heavy (non-hydrogen) atoms. The van der Waals surface area contributed by atoms with Crippen molar-refractivity contribution in [3.05, 3.63) is 47.3 Å². The molecular formula is C22H28N4O4S. The molecule has 1 aromatic heterocycles. The summed E-state index contributed by atoms with van der Waals surface area (Å²) in [5.74, 6) is 0.943. The zero-order valence-corrected chi connectivity index (χ0v) is 18.2. The fraction of sp³-hybridized carbons (Fsp3) is 0.545. The Hall–Kier alpha value is -2.23. The lowest BCUT2D eigenvalue weighted by Gasteiger charge is -2.38. The number of carbonyl (C=O) groups is 1. The topological polar surface area (TPSA) is 119 Å². The molecule has 2 saturated heterocycles. The molecule has 2 bridgehead atoms. The lowest BCUT2D eigenvalue weighted by atomic mass is 9.99. The summed E-state index contributed by atoms with van der Waals surface area (Å²) in [6.07, 6.45) is 5.75. The quantitative estimate of drug-likeness (QED) is 0.676. The molecule has 1 aliphatic carbocycles. The number of carbonyl (C=O) groups excluding carboxylic acids is 1. The van der Waals surface area contributed by atoms with E-state index in [2.05, 4.69) is 10.5 Å². The minimum atomic E-state index is -3.57. The molecule has 5 rings (SSSR count). The minimum Gasteiger partial charge on any atom is -0.360 e. The predicted octanol–water partition coefficient (Wildman–Crippen LogP) is 2.17. The third-order valence-corrected chi connectivity index (χ3v) is 8.69. The van der Waals surface area contributed by atoms with Crippen molar-refractivity contribution < 1.29 is 17.7 Å². The molecule has 1 amide bonds. The van der Waals surface area contributed by atoms with Crippen molar-refractivity contribution in [1.29, 1.82) is 0 Å². The maximum absolute atomic E-state index is 13.3. The highest BCUT2D eigenvalue weighted by Gasteiger charge is 2.47. The van der Waals surface area contributed by atoms with Gasteiger partial charge in [-0.15, -0.1) is 0 Å². The monoisotopic (exact) mass is 444 g/mol. The number of nitrogens with two attached hydrogens (primary N) is 1. The standard InChI is InChI=1S/C22H28N4O4S/c23-10-9-14-1-7-19(8-2-14)31(28,29)26-17-5-6-18(26)12-16(11-17)24-22(27)20-13-21(30-25-20)15-3-4-15/h1-2,7-8,13,15-18H,3-6,9-12,23H2,(H,24,27)/t16-,17+,18-. The Balaban J connectivity index is 1.26. The first-order valence-electron chi connectivity index (χ1n) is 11.1. The Kier molecular flexibility index (Phi) is 5.35. The summed E-state index contributed by atoms with van der Waals surface area (Å²) in [4.78, 5) is 12.9. The van der Waals surface area contributed by atoms with Crippen molar-refractivity contribution in [3.63, 3.8) is 0 Å². The molecular weight excluding hydrogens is 416 g/mol. The first-order chi connectivity index (χ1) is 15.0. The maximum Gasteiger partial charge on any atom is 0.273 e. The van der Waals surface area contributed by atoms with Crippen LogP contribution in [0.1, 0.15) is 66.3 Å². The van der Waals surface area contributed by atoms with E-state index in [4.69, 9.17) is 10.3 Å². The van der Waals surface area contributed by atoms with Crippen LogP contribution in [0.3, 0.4) is 0 Å². The molecule has 0 radical (unpaired) electrons. The van der Waals surface area contributed by atoms with Crippen LogP contribution in [0.4, 0.5) is 0 Å². The summed E-state index contributed by atoms with van der Waals surface area (Å²) in [5.41, 5.74) is 6.92. The zero-order valence-electron chi connectivity index (χ0n) is 17.4. The third kappa shape index (κ3) is 4.02. The number of piperidine rings is 1. The third-order valence-electron chi connectivity index (χ3n) is 6.67. The second kappa shape index (κ2) is 8.03. The first-order valence-corrected chi connectivity index (χ1v) is 12.5. The van der Waals surface area contributed by atoms with Crippen molar-refractivity contribution in [2.24, 2.45) is 5.73 Å². The van der Waals surface area contributed by atoms with Crippen molar-refractivity contribution in [2.75, 3.05) is 6.54 Å². The summed E-state index contributed by atoms with van der Waals surface area (Å²) < 4.78 is 33.6. The van der Waals surface area contributed by atoms with Crippen molar-refractivity contribution in [2.45, 2.75) is 73.9 Å². The van der Waals surface area contributed by atoms with E-state index < -0.39 is 10.0 Å². The Bertz CT molecular complexity index is 1050. The number of rotatable bonds is 7. The highest BCUT2D eigenvalue weighted by molar-refractivity contribution is 7.89. The van der Waals surface area contributed by atoms with E-state index in [-0.39, 0.29) is 24.0 Å². The van der Waals surface area contributed by atoms with E-state index in [0.29, 0.717) is 35.9 Å². The molecule has 166 valence electrons. The van der Waals surface area contributed by atoms with Gasteiger partial charge in [0.2, 0.25) is 10.0 Å². The SMILES string of the molecule is NCCc1ccc(S(=O)(=O)N2[C@@H]3CC[C@H]2C[C@@H](NC(=O)c2cc(C4CC4)on2)C3)cc1. The molecule has 3 aliphatic rings. The number of hydrogen-bond donors (Lipinski definition) is 2. The van der Waals surface area contributed by atoms with Gasteiger partial charge in [0.1, 0.15) is 5.76 Å². The second-order valence-electron chi connectivity index (χ2n) is 8.93. The molecule has 9 heteroatoms. The van der Waals surface area contributed by atoms with Crippen LogP contribution in [0.5, 0.6) is 0 Å². The van der Waals surface area contributed by atoms with Crippen LogP contribution in [0.2, 0.25) is 0 Å². The number of amides is 1. The van der Waals surface area contributed by atoms with Gasteiger partial charge in [-0.25, -0.2) is 8.42 Å². The molecule has 1 saturated carbocycles. The number of nitrogens with one attached hydrogen (secondary N) is 1. The molecule has 3 heterocycles. The van der Waals surface area contributed by atoms with Gasteiger partial charge in [-0.2, -0.15) is 4.31 Å².